The largest absolute Gasteiger partial charge is 0.445 e. The maximum absolute atomic E-state index is 13.6. The quantitative estimate of drug-likeness (QED) is 0.0338. The maximum atomic E-state index is 13.6. The molecular weight excluding hydrogens is 714 g/mol. The number of nitrogens with two attached hydrogens (primary N) is 2. The van der Waals surface area contributed by atoms with Crippen LogP contribution in [0.5, 0.6) is 0 Å². The van der Waals surface area contributed by atoms with Crippen molar-refractivity contribution in [2.24, 2.45) is 16.6 Å². The van der Waals surface area contributed by atoms with Crippen LogP contribution in [0.4, 0.5) is 9.59 Å². The predicted molar refractivity (Wildman–Crippen MR) is 196 cm³/mol. The van der Waals surface area contributed by atoms with Gasteiger partial charge in [-0.2, -0.15) is 0 Å². The van der Waals surface area contributed by atoms with Crippen molar-refractivity contribution < 1.29 is 38.5 Å². The van der Waals surface area contributed by atoms with E-state index >= 15 is 0 Å². The molecule has 19 heteroatoms. The Balaban J connectivity index is 2.06. The molecule has 0 aliphatic carbocycles. The second-order valence-electron chi connectivity index (χ2n) is 12.8. The van der Waals surface area contributed by atoms with Crippen LogP contribution in [0.15, 0.2) is 59.7 Å². The fourth-order valence-corrected chi connectivity index (χ4v) is 4.92. The third-order valence-electron chi connectivity index (χ3n) is 7.25. The van der Waals surface area contributed by atoms with Crippen LogP contribution in [0, 0.1) is 10.1 Å². The van der Waals surface area contributed by atoms with Gasteiger partial charge in [0.1, 0.15) is 35.4 Å². The van der Waals surface area contributed by atoms with Crippen molar-refractivity contribution in [2.75, 3.05) is 13.1 Å². The van der Waals surface area contributed by atoms with E-state index in [1.807, 2.05) is 0 Å². The molecule has 0 unspecified atom stereocenters. The molecule has 2 rings (SSSR count). The second-order valence-corrected chi connectivity index (χ2v) is 13.2. The van der Waals surface area contributed by atoms with E-state index in [0.717, 1.165) is 0 Å². The number of hydrazone groups is 1. The van der Waals surface area contributed by atoms with Crippen molar-refractivity contribution in [3.8, 4) is 0 Å². The van der Waals surface area contributed by atoms with Crippen molar-refractivity contribution in [2.45, 2.75) is 89.6 Å². The molecule has 0 aliphatic heterocycles. The van der Waals surface area contributed by atoms with Crippen molar-refractivity contribution >= 4 is 47.5 Å². The summed E-state index contributed by atoms with van der Waals surface area (Å²) in [6, 6.07) is 12.3. The number of halogens is 1. The lowest BCUT2D eigenvalue weighted by Crippen LogP contribution is -2.57. The van der Waals surface area contributed by atoms with Crippen LogP contribution < -0.4 is 38.1 Å². The molecule has 0 fully saturated rings. The minimum absolute atomic E-state index is 0.00652. The van der Waals surface area contributed by atoms with Crippen molar-refractivity contribution in [1.82, 2.24) is 26.6 Å². The van der Waals surface area contributed by atoms with Gasteiger partial charge in [0.05, 0.1) is 0 Å². The molecule has 0 radical (unpaired) electrons. The Morgan fingerprint density at radius 1 is 0.811 bits per heavy atom. The number of rotatable bonds is 20. The zero-order chi connectivity index (χ0) is 39.4. The zero-order valence-electron chi connectivity index (χ0n) is 29.9. The summed E-state index contributed by atoms with van der Waals surface area (Å²) in [5.74, 6) is -2.68. The van der Waals surface area contributed by atoms with Gasteiger partial charge in [0.2, 0.25) is 17.7 Å². The summed E-state index contributed by atoms with van der Waals surface area (Å²) in [6.45, 7) is 5.22. The van der Waals surface area contributed by atoms with Gasteiger partial charge < -0.3 is 47.5 Å². The van der Waals surface area contributed by atoms with Crippen LogP contribution in [0.25, 0.3) is 0 Å². The molecule has 53 heavy (non-hydrogen) atoms. The molecule has 18 nitrogen and oxygen atoms in total. The van der Waals surface area contributed by atoms with Gasteiger partial charge >= 0.3 is 12.2 Å². The van der Waals surface area contributed by atoms with Gasteiger partial charge in [0.25, 0.3) is 5.96 Å². The van der Waals surface area contributed by atoms with Crippen LogP contribution in [0.1, 0.15) is 64.0 Å². The van der Waals surface area contributed by atoms with Crippen LogP contribution in [-0.4, -0.2) is 77.7 Å². The van der Waals surface area contributed by atoms with Crippen molar-refractivity contribution in [1.29, 1.82) is 0 Å². The highest BCUT2D eigenvalue weighted by atomic mass is 35.5. The molecule has 290 valence electrons. The first-order valence-electron chi connectivity index (χ1n) is 16.8. The van der Waals surface area contributed by atoms with E-state index in [9.17, 15) is 34.1 Å². The second kappa shape index (κ2) is 22.3. The van der Waals surface area contributed by atoms with Gasteiger partial charge in [-0.1, -0.05) is 60.1 Å². The van der Waals surface area contributed by atoms with Crippen molar-refractivity contribution in [3.63, 3.8) is 0 Å². The lowest BCUT2D eigenvalue weighted by atomic mass is 10.0. The molecule has 9 N–H and O–H groups in total. The Kier molecular flexibility index (Phi) is 18.3. The van der Waals surface area contributed by atoms with Crippen LogP contribution in [0.2, 0.25) is 5.02 Å². The summed E-state index contributed by atoms with van der Waals surface area (Å²) in [5, 5.41) is 25.9. The number of hydrogen-bond acceptors (Lipinski definition) is 9. The number of carbonyl (C=O) groups is 5. The van der Waals surface area contributed by atoms with E-state index in [4.69, 9.17) is 32.5 Å². The summed E-state index contributed by atoms with van der Waals surface area (Å²) in [4.78, 5) is 74.9. The Bertz CT molecular complexity index is 1570. The molecule has 0 aromatic heterocycles. The summed E-state index contributed by atoms with van der Waals surface area (Å²) < 4.78 is 10.5. The predicted octanol–water partition coefficient (Wildman–Crippen LogP) is 2.20. The molecule has 5 amide bonds. The molecule has 2 aromatic carbocycles. The molecule has 3 atom stereocenters. The first-order chi connectivity index (χ1) is 25.0. The molecule has 0 spiro atoms. The lowest BCUT2D eigenvalue weighted by molar-refractivity contribution is -0.485. The number of hydrogen-bond donors (Lipinski definition) is 7. The Labute approximate surface area is 312 Å². The first kappa shape index (κ1) is 43.5. The summed E-state index contributed by atoms with van der Waals surface area (Å²) in [5.41, 5.74) is 11.5. The number of ether oxygens (including phenoxy) is 2. The highest BCUT2D eigenvalue weighted by Crippen LogP contribution is 2.16. The molecule has 0 aliphatic rings. The van der Waals surface area contributed by atoms with E-state index in [1.54, 1.807) is 75.4 Å². The molecule has 0 saturated heterocycles. The monoisotopic (exact) mass is 761 g/mol. The fourth-order valence-electron chi connectivity index (χ4n) is 4.73. The summed E-state index contributed by atoms with van der Waals surface area (Å²) >= 11 is 6.08. The number of amides is 5. The normalized spacial score (nSPS) is 13.0. The standard InChI is InChI=1S/C34H48ClN9O9/c1-34(2,3)53-33(49)42-26(17-11-19-38-31(37)43-44(50)51)29(46)41-27(20-22-12-5-4-6-13-22)30(47)40-25(28(36)45)16-9-10-18-39-32(48)52-21-23-14-7-8-15-24(23)35/h4-8,12-15,25-27H,9-11,16-21H2,1-3H3,(H2,36,45)(H,39,48)(H,40,47)(H,41,46)(H,42,49)(H3,37,38,43)/t25-,26+,27-/m0/s1. The van der Waals surface area contributed by atoms with Gasteiger partial charge in [-0.25, -0.2) is 19.7 Å². The summed E-state index contributed by atoms with van der Waals surface area (Å²) in [6.07, 6.45) is -0.345. The average molecular weight is 762 g/mol. The van der Waals surface area contributed by atoms with Crippen LogP contribution >= 0.6 is 11.6 Å². The minimum atomic E-state index is -1.21. The van der Waals surface area contributed by atoms with Crippen LogP contribution in [0.3, 0.4) is 0 Å². The Morgan fingerprint density at radius 3 is 2.06 bits per heavy atom. The zero-order valence-corrected chi connectivity index (χ0v) is 30.6. The van der Waals surface area contributed by atoms with E-state index in [2.05, 4.69) is 31.7 Å². The number of alkyl carbamates (subject to hydrolysis) is 2. The number of nitrogens with zero attached hydrogens (tertiary/aromatic N) is 2. The molecular formula is C34H48ClN9O9. The topological polar surface area (TPSA) is 272 Å². The van der Waals surface area contributed by atoms with Gasteiger partial charge in [-0.15, -0.1) is 0 Å². The van der Waals surface area contributed by atoms with E-state index in [0.29, 0.717) is 29.0 Å². The van der Waals surface area contributed by atoms with E-state index in [1.165, 1.54) is 0 Å². The lowest BCUT2D eigenvalue weighted by Gasteiger charge is -2.26. The third kappa shape index (κ3) is 18.4. The van der Waals surface area contributed by atoms with Gasteiger partial charge in [-0.05, 0) is 64.5 Å². The Morgan fingerprint density at radius 2 is 1.42 bits per heavy atom. The van der Waals surface area contributed by atoms with E-state index < -0.39 is 64.6 Å². The molecule has 0 saturated carbocycles. The maximum Gasteiger partial charge on any atom is 0.408 e. The Hall–Kier alpha value is -5.65. The van der Waals surface area contributed by atoms with Gasteiger partial charge in [0, 0.05) is 30.1 Å². The first-order valence-corrected chi connectivity index (χ1v) is 17.2. The average Bonchev–Trinajstić information content (AvgIpc) is 3.07. The minimum Gasteiger partial charge on any atom is -0.445 e. The van der Waals surface area contributed by atoms with E-state index in [-0.39, 0.29) is 45.4 Å². The smallest absolute Gasteiger partial charge is 0.408 e. The SMILES string of the molecule is CC(C)(C)OC(=O)N[C@H](CCCN/C(N)=N\[N+](=O)[O-])C(=O)N[C@@H](Cc1ccccc1)C(=O)N[C@@H](CCCCNC(=O)OCc1ccccc1Cl)C(N)=O. The summed E-state index contributed by atoms with van der Waals surface area (Å²) in [7, 11) is 0. The number of nitro groups is 1. The number of guanidine groups is 1. The number of nitrogens with one attached hydrogen (secondary N) is 5. The third-order valence-corrected chi connectivity index (χ3v) is 7.62. The highest BCUT2D eigenvalue weighted by Gasteiger charge is 2.30. The molecule has 0 heterocycles. The van der Waals surface area contributed by atoms with Gasteiger partial charge in [0.15, 0.2) is 5.03 Å². The number of primary amides is 1. The molecule has 2 aromatic rings. The molecule has 0 bridgehead atoms. The number of benzene rings is 2. The van der Waals surface area contributed by atoms with Gasteiger partial charge in [-0.3, -0.25) is 14.4 Å². The highest BCUT2D eigenvalue weighted by molar-refractivity contribution is 6.31. The van der Waals surface area contributed by atoms with Crippen molar-refractivity contribution in [3.05, 3.63) is 80.9 Å². The number of carbonyl (C=O) groups excluding carboxylic acids is 5. The number of unbranched alkanes of at least 4 members (excludes halogenated alkanes) is 1. The fraction of sp³-hybridized carbons (Fsp3) is 0.471. The van der Waals surface area contributed by atoms with Crippen LogP contribution in [-0.2, 0) is 36.9 Å².